The van der Waals surface area contributed by atoms with Crippen molar-refractivity contribution in [3.05, 3.63) is 0 Å². The van der Waals surface area contributed by atoms with Crippen molar-refractivity contribution in [2.24, 2.45) is 0 Å². The summed E-state index contributed by atoms with van der Waals surface area (Å²) in [5, 5.41) is 3.40. The van der Waals surface area contributed by atoms with Crippen LogP contribution in [-0.2, 0) is 0 Å². The van der Waals surface area contributed by atoms with Gasteiger partial charge in [0.05, 0.1) is 0 Å². The maximum absolute atomic E-state index is 3.40. The second kappa shape index (κ2) is 2.87. The van der Waals surface area contributed by atoms with E-state index in [-0.39, 0.29) is 0 Å². The van der Waals surface area contributed by atoms with Gasteiger partial charge in [0, 0.05) is 10.5 Å². The van der Waals surface area contributed by atoms with Crippen LogP contribution in [0.25, 0.3) is 0 Å². The Balaban J connectivity index is 2.14. The van der Waals surface area contributed by atoms with Crippen LogP contribution < -0.4 is 5.32 Å². The summed E-state index contributed by atoms with van der Waals surface area (Å²) < 4.78 is 1.28. The van der Waals surface area contributed by atoms with Gasteiger partial charge in [0.2, 0.25) is 0 Å². The number of halogens is 1. The number of hydrogen-bond acceptors (Lipinski definition) is 1. The lowest BCUT2D eigenvalue weighted by molar-refractivity contribution is 0.682. The molecule has 0 amide bonds. The molecular formula is C5H10IN. The minimum absolute atomic E-state index is 0.834. The molecule has 1 atom stereocenters. The molecule has 0 aliphatic carbocycles. The fourth-order valence-electron chi connectivity index (χ4n) is 0.888. The highest BCUT2D eigenvalue weighted by atomic mass is 127. The number of rotatable bonds is 1. The fourth-order valence-corrected chi connectivity index (χ4v) is 1.64. The normalized spacial score (nSPS) is 31.3. The maximum atomic E-state index is 3.40. The van der Waals surface area contributed by atoms with Gasteiger partial charge in [0.15, 0.2) is 0 Å². The molecule has 1 aliphatic rings. The molecule has 1 saturated heterocycles. The lowest BCUT2D eigenvalue weighted by Gasteiger charge is -2.01. The highest BCUT2D eigenvalue weighted by Crippen LogP contribution is 2.06. The van der Waals surface area contributed by atoms with Crippen LogP contribution in [0.4, 0.5) is 0 Å². The topological polar surface area (TPSA) is 12.0 Å². The molecule has 1 unspecified atom stereocenters. The molecule has 0 radical (unpaired) electrons. The third kappa shape index (κ3) is 1.57. The molecule has 1 nitrogen and oxygen atoms in total. The molecule has 0 spiro atoms. The molecule has 2 heteroatoms. The monoisotopic (exact) mass is 211 g/mol. The second-order valence-corrected chi connectivity index (χ2v) is 2.83. The van der Waals surface area contributed by atoms with Gasteiger partial charge in [-0.3, -0.25) is 0 Å². The van der Waals surface area contributed by atoms with Crippen molar-refractivity contribution < 1.29 is 0 Å². The molecule has 0 aromatic heterocycles. The van der Waals surface area contributed by atoms with E-state index in [1.807, 2.05) is 0 Å². The molecule has 1 rings (SSSR count). The Labute approximate surface area is 58.0 Å². The summed E-state index contributed by atoms with van der Waals surface area (Å²) in [6.45, 7) is 1.24. The Bertz CT molecular complexity index is 50.0. The van der Waals surface area contributed by atoms with Crippen molar-refractivity contribution in [1.29, 1.82) is 0 Å². The largest absolute Gasteiger partial charge is 0.313 e. The third-order valence-electron chi connectivity index (χ3n) is 1.35. The summed E-state index contributed by atoms with van der Waals surface area (Å²) in [5.74, 6) is 0. The molecule has 0 aromatic carbocycles. The van der Waals surface area contributed by atoms with Gasteiger partial charge in [0.1, 0.15) is 0 Å². The number of alkyl halides is 1. The SMILES string of the molecule is ICC1CCCN1. The summed E-state index contributed by atoms with van der Waals surface area (Å²) in [7, 11) is 0. The van der Waals surface area contributed by atoms with Crippen molar-refractivity contribution in [1.82, 2.24) is 5.32 Å². The summed E-state index contributed by atoms with van der Waals surface area (Å²) in [6.07, 6.45) is 2.77. The molecule has 0 bridgehead atoms. The molecule has 7 heavy (non-hydrogen) atoms. The van der Waals surface area contributed by atoms with Crippen LogP contribution in [-0.4, -0.2) is 17.0 Å². The van der Waals surface area contributed by atoms with Crippen LogP contribution in [0.3, 0.4) is 0 Å². The van der Waals surface area contributed by atoms with Crippen LogP contribution >= 0.6 is 22.6 Å². The maximum Gasteiger partial charge on any atom is 0.0157 e. The van der Waals surface area contributed by atoms with Crippen molar-refractivity contribution in [3.8, 4) is 0 Å². The molecule has 0 saturated carbocycles. The van der Waals surface area contributed by atoms with Crippen LogP contribution in [0.15, 0.2) is 0 Å². The lowest BCUT2D eigenvalue weighted by atomic mass is 10.3. The van der Waals surface area contributed by atoms with E-state index in [1.54, 1.807) is 0 Å². The smallest absolute Gasteiger partial charge is 0.0157 e. The summed E-state index contributed by atoms with van der Waals surface area (Å²) in [6, 6.07) is 0.834. The zero-order chi connectivity index (χ0) is 5.11. The van der Waals surface area contributed by atoms with Gasteiger partial charge in [-0.15, -0.1) is 0 Å². The van der Waals surface area contributed by atoms with Gasteiger partial charge >= 0.3 is 0 Å². The summed E-state index contributed by atoms with van der Waals surface area (Å²) in [5.41, 5.74) is 0. The van der Waals surface area contributed by atoms with Gasteiger partial charge in [-0.1, -0.05) is 22.6 Å². The van der Waals surface area contributed by atoms with E-state index in [4.69, 9.17) is 0 Å². The van der Waals surface area contributed by atoms with Gasteiger partial charge in [-0.05, 0) is 19.4 Å². The summed E-state index contributed by atoms with van der Waals surface area (Å²) in [4.78, 5) is 0. The Kier molecular flexibility index (Phi) is 2.38. The quantitative estimate of drug-likeness (QED) is 0.507. The van der Waals surface area contributed by atoms with E-state index in [1.165, 1.54) is 23.8 Å². The van der Waals surface area contributed by atoms with Gasteiger partial charge in [-0.2, -0.15) is 0 Å². The van der Waals surface area contributed by atoms with E-state index in [9.17, 15) is 0 Å². The van der Waals surface area contributed by atoms with Crippen LogP contribution in [0.5, 0.6) is 0 Å². The third-order valence-corrected chi connectivity index (χ3v) is 2.41. The Morgan fingerprint density at radius 2 is 2.57 bits per heavy atom. The standard InChI is InChI=1S/C5H10IN/c6-4-5-2-1-3-7-5/h5,7H,1-4H2. The average Bonchev–Trinajstić information content (AvgIpc) is 2.14. The number of nitrogens with one attached hydrogen (secondary N) is 1. The molecule has 0 aromatic rings. The van der Waals surface area contributed by atoms with E-state index in [2.05, 4.69) is 27.9 Å². The highest BCUT2D eigenvalue weighted by molar-refractivity contribution is 14.1. The zero-order valence-corrected chi connectivity index (χ0v) is 6.44. The van der Waals surface area contributed by atoms with Crippen LogP contribution in [0, 0.1) is 0 Å². The predicted molar refractivity (Wildman–Crippen MR) is 39.9 cm³/mol. The van der Waals surface area contributed by atoms with Crippen molar-refractivity contribution in [2.75, 3.05) is 11.0 Å². The number of hydrogen-bond donors (Lipinski definition) is 1. The average molecular weight is 211 g/mol. The zero-order valence-electron chi connectivity index (χ0n) is 4.28. The molecule has 1 N–H and O–H groups in total. The molecule has 1 fully saturated rings. The first kappa shape index (κ1) is 5.82. The van der Waals surface area contributed by atoms with Crippen molar-refractivity contribution in [3.63, 3.8) is 0 Å². The highest BCUT2D eigenvalue weighted by Gasteiger charge is 2.10. The van der Waals surface area contributed by atoms with Crippen molar-refractivity contribution >= 4 is 22.6 Å². The van der Waals surface area contributed by atoms with E-state index in [0.717, 1.165) is 6.04 Å². The first-order chi connectivity index (χ1) is 3.43. The van der Waals surface area contributed by atoms with Crippen LogP contribution in [0.2, 0.25) is 0 Å². The summed E-state index contributed by atoms with van der Waals surface area (Å²) >= 11 is 2.43. The van der Waals surface area contributed by atoms with Crippen LogP contribution in [0.1, 0.15) is 12.8 Å². The lowest BCUT2D eigenvalue weighted by Crippen LogP contribution is -2.21. The van der Waals surface area contributed by atoms with Gasteiger partial charge in [-0.25, -0.2) is 0 Å². The Morgan fingerprint density at radius 1 is 1.71 bits per heavy atom. The van der Waals surface area contributed by atoms with Crippen molar-refractivity contribution in [2.45, 2.75) is 18.9 Å². The van der Waals surface area contributed by atoms with Gasteiger partial charge in [0.25, 0.3) is 0 Å². The molecular weight excluding hydrogens is 201 g/mol. The fraction of sp³-hybridized carbons (Fsp3) is 1.00. The predicted octanol–water partition coefficient (Wildman–Crippen LogP) is 1.17. The molecule has 42 valence electrons. The molecule has 1 heterocycles. The van der Waals surface area contributed by atoms with E-state index >= 15 is 0 Å². The van der Waals surface area contributed by atoms with Gasteiger partial charge < -0.3 is 5.32 Å². The second-order valence-electron chi connectivity index (χ2n) is 1.95. The molecule has 1 aliphatic heterocycles. The van der Waals surface area contributed by atoms with E-state index in [0.29, 0.717) is 0 Å². The van der Waals surface area contributed by atoms with E-state index < -0.39 is 0 Å². The minimum atomic E-state index is 0.834. The first-order valence-corrected chi connectivity index (χ1v) is 4.25. The Morgan fingerprint density at radius 3 is 2.86 bits per heavy atom. The minimum Gasteiger partial charge on any atom is -0.313 e. The first-order valence-electron chi connectivity index (χ1n) is 2.73. The Hall–Kier alpha value is 0.690.